The van der Waals surface area contributed by atoms with E-state index in [1.807, 2.05) is 0 Å². The molecule has 0 rings (SSSR count). The average Bonchev–Trinajstić information content (AvgIpc) is 1.96. The van der Waals surface area contributed by atoms with Gasteiger partial charge in [-0.25, -0.2) is 16.8 Å². The van der Waals surface area contributed by atoms with Gasteiger partial charge < -0.3 is 4.13 Å². The Balaban J connectivity index is 0. The standard InChI is InChI=1S/C3F8NO4S2.Na/c4-1(5,6)2(7,8)17(13,14)12-18(15,16)3(9,10)11;/q-1;+1. The summed E-state index contributed by atoms with van der Waals surface area (Å²) in [6.45, 7) is 0. The van der Waals surface area contributed by atoms with Crippen LogP contribution in [0, 0.1) is 0 Å². The molecule has 0 amide bonds. The first-order valence-corrected chi connectivity index (χ1v) is 6.08. The predicted octanol–water partition coefficient (Wildman–Crippen LogP) is -1.30. The third kappa shape index (κ3) is 4.38. The summed E-state index contributed by atoms with van der Waals surface area (Å²) in [6.07, 6.45) is -6.82. The van der Waals surface area contributed by atoms with Gasteiger partial charge in [0, 0.05) is 0 Å². The molecule has 16 heteroatoms. The number of halogens is 8. The van der Waals surface area contributed by atoms with E-state index in [0.717, 1.165) is 0 Å². The molecular formula is C3F8NNaO4S2. The van der Waals surface area contributed by atoms with Crippen LogP contribution in [-0.2, 0) is 20.0 Å². The van der Waals surface area contributed by atoms with Crippen molar-refractivity contribution >= 4 is 20.0 Å². The molecule has 0 saturated carbocycles. The van der Waals surface area contributed by atoms with Crippen molar-refractivity contribution in [2.75, 3.05) is 0 Å². The van der Waals surface area contributed by atoms with Crippen LogP contribution in [0.25, 0.3) is 4.13 Å². The van der Waals surface area contributed by atoms with Crippen molar-refractivity contribution in [2.45, 2.75) is 16.9 Å². The Kier molecular flexibility index (Phi) is 6.35. The van der Waals surface area contributed by atoms with E-state index in [1.54, 1.807) is 0 Å². The molecule has 0 aromatic heterocycles. The molecule has 0 radical (unpaired) electrons. The summed E-state index contributed by atoms with van der Waals surface area (Å²) in [5.41, 5.74) is -6.43. The molecule has 19 heavy (non-hydrogen) atoms. The SMILES string of the molecule is O=S(=O)([N-]S(=O)(=O)C(F)(F)C(F)(F)F)C(F)(F)F.[Na+]. The normalized spacial score (nSPS) is 14.9. The average molecular weight is 353 g/mol. The second kappa shape index (κ2) is 5.59. The molecule has 0 fully saturated rings. The van der Waals surface area contributed by atoms with Gasteiger partial charge in [0.05, 0.1) is 0 Å². The van der Waals surface area contributed by atoms with Crippen molar-refractivity contribution in [2.24, 2.45) is 0 Å². The molecule has 0 saturated heterocycles. The fourth-order valence-electron chi connectivity index (χ4n) is 0.364. The van der Waals surface area contributed by atoms with E-state index in [2.05, 4.69) is 0 Å². The predicted molar refractivity (Wildman–Crippen MR) is 38.3 cm³/mol. The molecule has 0 aliphatic heterocycles. The fraction of sp³-hybridized carbons (Fsp3) is 1.00. The Morgan fingerprint density at radius 3 is 1.21 bits per heavy atom. The minimum atomic E-state index is -7.30. The third-order valence-electron chi connectivity index (χ3n) is 1.14. The molecule has 110 valence electrons. The molecule has 0 aliphatic rings. The maximum absolute atomic E-state index is 12.2. The number of alkyl halides is 8. The minimum absolute atomic E-state index is 0. The molecule has 0 unspecified atom stereocenters. The van der Waals surface area contributed by atoms with Gasteiger partial charge in [0.15, 0.2) is 20.0 Å². The first kappa shape index (κ1) is 21.6. The largest absolute Gasteiger partial charge is 1.00 e. The maximum atomic E-state index is 12.2. The first-order valence-electron chi connectivity index (χ1n) is 3.20. The van der Waals surface area contributed by atoms with E-state index in [0.29, 0.717) is 4.13 Å². The molecular weight excluding hydrogens is 353 g/mol. The van der Waals surface area contributed by atoms with Gasteiger partial charge in [0.2, 0.25) is 0 Å². The molecule has 0 aromatic rings. The smallest absolute Gasteiger partial charge is 0.423 e. The monoisotopic (exact) mass is 353 g/mol. The number of sulfonamides is 2. The summed E-state index contributed by atoms with van der Waals surface area (Å²) in [6, 6.07) is 0. The third-order valence-corrected chi connectivity index (χ3v) is 4.18. The van der Waals surface area contributed by atoms with Crippen LogP contribution in [-0.4, -0.2) is 33.8 Å². The van der Waals surface area contributed by atoms with Crippen molar-refractivity contribution in [3.63, 3.8) is 0 Å². The van der Waals surface area contributed by atoms with E-state index in [-0.39, 0.29) is 29.6 Å². The molecule has 0 N–H and O–H groups in total. The van der Waals surface area contributed by atoms with Crippen LogP contribution < -0.4 is 29.6 Å². The second-order valence-corrected chi connectivity index (χ2v) is 5.96. The number of rotatable bonds is 3. The van der Waals surface area contributed by atoms with Gasteiger partial charge in [-0.2, -0.15) is 35.1 Å². The van der Waals surface area contributed by atoms with Crippen LogP contribution in [0.1, 0.15) is 0 Å². The van der Waals surface area contributed by atoms with E-state index in [4.69, 9.17) is 0 Å². The zero-order valence-corrected chi connectivity index (χ0v) is 12.1. The molecule has 0 bridgehead atoms. The van der Waals surface area contributed by atoms with Gasteiger partial charge in [0.25, 0.3) is 0 Å². The summed E-state index contributed by atoms with van der Waals surface area (Å²) < 4.78 is 135. The van der Waals surface area contributed by atoms with Gasteiger partial charge in [-0.05, 0) is 0 Å². The zero-order valence-electron chi connectivity index (χ0n) is 8.42. The van der Waals surface area contributed by atoms with Gasteiger partial charge in [-0.15, -0.1) is 0 Å². The van der Waals surface area contributed by atoms with Crippen LogP contribution in [0.4, 0.5) is 35.1 Å². The Hall–Kier alpha value is 0.300. The van der Waals surface area contributed by atoms with E-state index in [1.165, 1.54) is 0 Å². The number of hydrogen-bond acceptors (Lipinski definition) is 4. The van der Waals surface area contributed by atoms with Crippen molar-refractivity contribution in [1.82, 2.24) is 0 Å². The Morgan fingerprint density at radius 2 is 1.00 bits per heavy atom. The van der Waals surface area contributed by atoms with Gasteiger partial charge in [-0.1, -0.05) is 0 Å². The van der Waals surface area contributed by atoms with Crippen molar-refractivity contribution in [3.8, 4) is 0 Å². The summed E-state index contributed by atoms with van der Waals surface area (Å²) in [4.78, 5) is 0. The number of nitrogens with zero attached hydrogens (tertiary/aromatic N) is 1. The molecule has 0 heterocycles. The van der Waals surface area contributed by atoms with Crippen molar-refractivity contribution < 1.29 is 81.5 Å². The molecule has 0 aromatic carbocycles. The van der Waals surface area contributed by atoms with E-state index < -0.39 is 37.0 Å². The Labute approximate surface area is 122 Å². The Bertz CT molecular complexity index is 517. The molecule has 0 atom stereocenters. The summed E-state index contributed by atoms with van der Waals surface area (Å²) >= 11 is 0. The Morgan fingerprint density at radius 1 is 0.684 bits per heavy atom. The topological polar surface area (TPSA) is 82.4 Å². The molecule has 0 spiro atoms. The molecule has 5 nitrogen and oxygen atoms in total. The van der Waals surface area contributed by atoms with Crippen LogP contribution in [0.2, 0.25) is 0 Å². The first-order chi connectivity index (χ1) is 7.46. The summed E-state index contributed by atoms with van der Waals surface area (Å²) in [5, 5.41) is -6.77. The van der Waals surface area contributed by atoms with Gasteiger partial charge in [0.1, 0.15) is 0 Å². The second-order valence-electron chi connectivity index (χ2n) is 2.48. The van der Waals surface area contributed by atoms with Crippen LogP contribution in [0.3, 0.4) is 0 Å². The summed E-state index contributed by atoms with van der Waals surface area (Å²) in [7, 11) is -14.3. The quantitative estimate of drug-likeness (QED) is 0.467. The zero-order chi connectivity index (χ0) is 15.2. The van der Waals surface area contributed by atoms with E-state index >= 15 is 0 Å². The van der Waals surface area contributed by atoms with Crippen molar-refractivity contribution in [1.29, 1.82) is 0 Å². The number of hydrogen-bond donors (Lipinski definition) is 0. The van der Waals surface area contributed by atoms with Crippen LogP contribution >= 0.6 is 0 Å². The van der Waals surface area contributed by atoms with Crippen LogP contribution in [0.5, 0.6) is 0 Å². The van der Waals surface area contributed by atoms with E-state index in [9.17, 15) is 52.0 Å². The molecule has 0 aliphatic carbocycles. The maximum Gasteiger partial charge on any atom is 1.00 e. The fourth-order valence-corrected chi connectivity index (χ4v) is 2.40. The summed E-state index contributed by atoms with van der Waals surface area (Å²) in [5.74, 6) is 0. The van der Waals surface area contributed by atoms with Crippen LogP contribution in [0.15, 0.2) is 0 Å². The van der Waals surface area contributed by atoms with Gasteiger partial charge >= 0.3 is 46.5 Å². The van der Waals surface area contributed by atoms with Gasteiger partial charge in [-0.3, -0.25) is 0 Å². The minimum Gasteiger partial charge on any atom is -0.423 e. The van der Waals surface area contributed by atoms with Crippen molar-refractivity contribution in [3.05, 3.63) is 4.13 Å².